The molecule has 0 fully saturated rings. The summed E-state index contributed by atoms with van der Waals surface area (Å²) in [7, 11) is 3.14. The van der Waals surface area contributed by atoms with E-state index in [4.69, 9.17) is 13.9 Å². The molecule has 0 radical (unpaired) electrons. The Balaban J connectivity index is 2.52. The summed E-state index contributed by atoms with van der Waals surface area (Å²) < 4.78 is 15.6. The van der Waals surface area contributed by atoms with Crippen LogP contribution in [0.1, 0.15) is 0 Å². The van der Waals surface area contributed by atoms with Crippen molar-refractivity contribution >= 4 is 11.8 Å². The Hall–Kier alpha value is -1.88. The Labute approximate surface area is 115 Å². The van der Waals surface area contributed by atoms with Gasteiger partial charge in [-0.05, 0) is 30.5 Å². The highest BCUT2D eigenvalue weighted by Crippen LogP contribution is 2.32. The second-order valence-electron chi connectivity index (χ2n) is 3.75. The minimum absolute atomic E-state index is 0.364. The monoisotopic (exact) mass is 278 g/mol. The van der Waals surface area contributed by atoms with Crippen LogP contribution in [0.15, 0.2) is 44.4 Å². The number of rotatable bonds is 4. The molecule has 1 heterocycles. The molecule has 19 heavy (non-hydrogen) atoms. The van der Waals surface area contributed by atoms with Crippen molar-refractivity contribution in [3.05, 3.63) is 40.8 Å². The van der Waals surface area contributed by atoms with Crippen LogP contribution in [0, 0.1) is 0 Å². The van der Waals surface area contributed by atoms with Crippen LogP contribution in [0.4, 0.5) is 0 Å². The van der Waals surface area contributed by atoms with Gasteiger partial charge in [0.15, 0.2) is 11.5 Å². The Morgan fingerprint density at radius 3 is 2.42 bits per heavy atom. The molecular formula is C14H14O4S. The van der Waals surface area contributed by atoms with Crippen molar-refractivity contribution in [1.82, 2.24) is 0 Å². The van der Waals surface area contributed by atoms with Crippen LogP contribution in [0.5, 0.6) is 11.5 Å². The lowest BCUT2D eigenvalue weighted by Gasteiger charge is -2.09. The molecule has 0 saturated heterocycles. The van der Waals surface area contributed by atoms with Crippen LogP contribution in [0.25, 0.3) is 11.3 Å². The highest BCUT2D eigenvalue weighted by Gasteiger charge is 2.09. The summed E-state index contributed by atoms with van der Waals surface area (Å²) in [6.45, 7) is 0. The van der Waals surface area contributed by atoms with Gasteiger partial charge in [0.2, 0.25) is 0 Å². The summed E-state index contributed by atoms with van der Waals surface area (Å²) in [5.74, 6) is 1.74. The molecule has 1 aromatic heterocycles. The van der Waals surface area contributed by atoms with Gasteiger partial charge in [0.25, 0.3) is 0 Å². The van der Waals surface area contributed by atoms with Gasteiger partial charge >= 0.3 is 5.63 Å². The Kier molecular flexibility index (Phi) is 4.16. The third-order valence-electron chi connectivity index (χ3n) is 2.65. The molecule has 0 bridgehead atoms. The number of benzene rings is 1. The molecule has 0 aliphatic heterocycles. The van der Waals surface area contributed by atoms with Gasteiger partial charge in [-0.15, -0.1) is 11.8 Å². The molecule has 2 rings (SSSR count). The van der Waals surface area contributed by atoms with Gasteiger partial charge in [0.1, 0.15) is 5.76 Å². The van der Waals surface area contributed by atoms with Crippen LogP contribution < -0.4 is 15.1 Å². The first-order valence-corrected chi connectivity index (χ1v) is 6.82. The molecule has 1 aromatic carbocycles. The predicted molar refractivity (Wildman–Crippen MR) is 75.3 cm³/mol. The molecule has 0 aliphatic rings. The van der Waals surface area contributed by atoms with E-state index in [1.54, 1.807) is 26.4 Å². The maximum Gasteiger partial charge on any atom is 0.337 e. The lowest BCUT2D eigenvalue weighted by atomic mass is 10.1. The molecule has 0 aliphatic carbocycles. The first-order chi connectivity index (χ1) is 9.17. The summed E-state index contributed by atoms with van der Waals surface area (Å²) in [4.78, 5) is 12.3. The first-order valence-electron chi connectivity index (χ1n) is 5.59. The average Bonchev–Trinajstić information content (AvgIpc) is 2.45. The number of hydrogen-bond donors (Lipinski definition) is 0. The van der Waals surface area contributed by atoms with Gasteiger partial charge < -0.3 is 13.9 Å². The zero-order valence-corrected chi connectivity index (χ0v) is 11.7. The molecule has 0 amide bonds. The van der Waals surface area contributed by atoms with Crippen molar-refractivity contribution in [2.24, 2.45) is 0 Å². The van der Waals surface area contributed by atoms with Gasteiger partial charge in [-0.25, -0.2) is 4.79 Å². The highest BCUT2D eigenvalue weighted by molar-refractivity contribution is 7.98. The summed E-state index contributed by atoms with van der Waals surface area (Å²) >= 11 is 1.49. The van der Waals surface area contributed by atoms with E-state index in [1.165, 1.54) is 17.8 Å². The van der Waals surface area contributed by atoms with Crippen molar-refractivity contribution in [2.45, 2.75) is 4.90 Å². The highest BCUT2D eigenvalue weighted by atomic mass is 32.2. The number of methoxy groups -OCH3 is 2. The average molecular weight is 278 g/mol. The topological polar surface area (TPSA) is 48.7 Å². The van der Waals surface area contributed by atoms with Gasteiger partial charge in [-0.3, -0.25) is 0 Å². The first kappa shape index (κ1) is 13.5. The van der Waals surface area contributed by atoms with Crippen molar-refractivity contribution in [3.63, 3.8) is 0 Å². The minimum Gasteiger partial charge on any atom is -0.493 e. The van der Waals surface area contributed by atoms with Crippen LogP contribution in [-0.2, 0) is 0 Å². The lowest BCUT2D eigenvalue weighted by Crippen LogP contribution is -1.98. The standard InChI is InChI=1S/C14H14O4S/c1-16-11-5-4-9(6-13(11)17-2)12-7-10(19-3)8-14(15)18-12/h4-8H,1-3H3. The van der Waals surface area contributed by atoms with Gasteiger partial charge in [-0.1, -0.05) is 0 Å². The van der Waals surface area contributed by atoms with Gasteiger partial charge in [-0.2, -0.15) is 0 Å². The second-order valence-corrected chi connectivity index (χ2v) is 4.63. The normalized spacial score (nSPS) is 10.3. The van der Waals surface area contributed by atoms with E-state index in [0.717, 1.165) is 10.5 Å². The van der Waals surface area contributed by atoms with E-state index in [2.05, 4.69) is 0 Å². The maximum atomic E-state index is 11.5. The van der Waals surface area contributed by atoms with Gasteiger partial charge in [0, 0.05) is 16.5 Å². The predicted octanol–water partition coefficient (Wildman–Crippen LogP) is 3.05. The summed E-state index contributed by atoms with van der Waals surface area (Å²) in [6, 6.07) is 8.67. The van der Waals surface area contributed by atoms with E-state index in [9.17, 15) is 4.79 Å². The fourth-order valence-electron chi connectivity index (χ4n) is 1.70. The van der Waals surface area contributed by atoms with Crippen LogP contribution >= 0.6 is 11.8 Å². The summed E-state index contributed by atoms with van der Waals surface area (Å²) in [5.41, 5.74) is 0.405. The molecule has 2 aromatic rings. The third-order valence-corrected chi connectivity index (χ3v) is 3.35. The van der Waals surface area contributed by atoms with Crippen LogP contribution in [0.3, 0.4) is 0 Å². The molecule has 0 saturated carbocycles. The largest absolute Gasteiger partial charge is 0.493 e. The van der Waals surface area contributed by atoms with E-state index >= 15 is 0 Å². The Bertz CT molecular complexity index is 634. The van der Waals surface area contributed by atoms with E-state index in [0.29, 0.717) is 17.3 Å². The Morgan fingerprint density at radius 2 is 1.79 bits per heavy atom. The number of ether oxygens (including phenoxy) is 2. The van der Waals surface area contributed by atoms with Crippen molar-refractivity contribution in [3.8, 4) is 22.8 Å². The number of thioether (sulfide) groups is 1. The molecule has 0 spiro atoms. The second kappa shape index (κ2) is 5.84. The molecule has 0 N–H and O–H groups in total. The lowest BCUT2D eigenvalue weighted by molar-refractivity contribution is 0.355. The molecular weight excluding hydrogens is 264 g/mol. The Morgan fingerprint density at radius 1 is 1.05 bits per heavy atom. The zero-order chi connectivity index (χ0) is 13.8. The van der Waals surface area contributed by atoms with E-state index in [1.807, 2.05) is 18.4 Å². The minimum atomic E-state index is -0.364. The SMILES string of the molecule is COc1ccc(-c2cc(SC)cc(=O)o2)cc1OC. The van der Waals surface area contributed by atoms with Crippen LogP contribution in [-0.4, -0.2) is 20.5 Å². The quantitative estimate of drug-likeness (QED) is 0.804. The fraction of sp³-hybridized carbons (Fsp3) is 0.214. The smallest absolute Gasteiger partial charge is 0.337 e. The zero-order valence-electron chi connectivity index (χ0n) is 10.9. The van der Waals surface area contributed by atoms with Crippen molar-refractivity contribution < 1.29 is 13.9 Å². The fourth-order valence-corrected chi connectivity index (χ4v) is 2.14. The maximum absolute atomic E-state index is 11.5. The van der Waals surface area contributed by atoms with Crippen molar-refractivity contribution in [2.75, 3.05) is 20.5 Å². The summed E-state index contributed by atoms with van der Waals surface area (Å²) in [6.07, 6.45) is 1.91. The molecule has 0 atom stereocenters. The molecule has 5 heteroatoms. The number of hydrogen-bond acceptors (Lipinski definition) is 5. The van der Waals surface area contributed by atoms with E-state index in [-0.39, 0.29) is 5.63 Å². The summed E-state index contributed by atoms with van der Waals surface area (Å²) in [5, 5.41) is 0. The third kappa shape index (κ3) is 2.93. The van der Waals surface area contributed by atoms with E-state index < -0.39 is 0 Å². The molecule has 0 unspecified atom stereocenters. The van der Waals surface area contributed by atoms with Gasteiger partial charge in [0.05, 0.1) is 14.2 Å². The van der Waals surface area contributed by atoms with Crippen LogP contribution in [0.2, 0.25) is 0 Å². The van der Waals surface area contributed by atoms with Crippen molar-refractivity contribution in [1.29, 1.82) is 0 Å². The molecule has 100 valence electrons. The molecule has 4 nitrogen and oxygen atoms in total.